The minimum Gasteiger partial charge on any atom is -0.387 e. The molecule has 2 N–H and O–H groups in total. The standard InChI is InChI=1S/C25H38N2O/c1-17(2)15-26-21-8-9-24-10-11-27(16-19-5-6-19)23(25(24,28)14-21)13-20-7-4-18(3)12-22(20)24/h4,7,12,17,19,21,23,26,28H,5-6,8-11,13-16H2,1-3H3/t21-,23+,24-,25+/m0/s1. The first-order valence-electron chi connectivity index (χ1n) is 11.7. The van der Waals surface area contributed by atoms with E-state index in [1.165, 1.54) is 49.0 Å². The van der Waals surface area contributed by atoms with Crippen LogP contribution in [-0.4, -0.2) is 47.3 Å². The van der Waals surface area contributed by atoms with E-state index in [0.717, 1.165) is 38.1 Å². The molecular weight excluding hydrogens is 344 g/mol. The predicted molar refractivity (Wildman–Crippen MR) is 115 cm³/mol. The monoisotopic (exact) mass is 382 g/mol. The lowest BCUT2D eigenvalue weighted by atomic mass is 9.49. The summed E-state index contributed by atoms with van der Waals surface area (Å²) in [5, 5.41) is 16.2. The van der Waals surface area contributed by atoms with Crippen LogP contribution in [0.25, 0.3) is 0 Å². The van der Waals surface area contributed by atoms with E-state index in [0.29, 0.717) is 18.0 Å². The van der Waals surface area contributed by atoms with Crippen LogP contribution < -0.4 is 5.32 Å². The number of aryl methyl sites for hydroxylation is 1. The second-order valence-electron chi connectivity index (χ2n) is 10.8. The molecule has 3 fully saturated rings. The van der Waals surface area contributed by atoms with Crippen molar-refractivity contribution in [3.8, 4) is 0 Å². The lowest BCUT2D eigenvalue weighted by Crippen LogP contribution is -2.74. The zero-order valence-corrected chi connectivity index (χ0v) is 18.0. The van der Waals surface area contributed by atoms with Crippen molar-refractivity contribution in [1.82, 2.24) is 10.2 Å². The summed E-state index contributed by atoms with van der Waals surface area (Å²) in [6.07, 6.45) is 8.17. The Morgan fingerprint density at radius 1 is 1.21 bits per heavy atom. The van der Waals surface area contributed by atoms with Gasteiger partial charge in [0.05, 0.1) is 5.60 Å². The van der Waals surface area contributed by atoms with E-state index < -0.39 is 5.60 Å². The number of aliphatic hydroxyl groups is 1. The smallest absolute Gasteiger partial charge is 0.0916 e. The first-order valence-corrected chi connectivity index (χ1v) is 11.7. The Morgan fingerprint density at radius 3 is 2.79 bits per heavy atom. The lowest BCUT2D eigenvalue weighted by molar-refractivity contribution is -0.171. The van der Waals surface area contributed by atoms with Crippen LogP contribution in [0.15, 0.2) is 18.2 Å². The van der Waals surface area contributed by atoms with Crippen LogP contribution in [-0.2, 0) is 11.8 Å². The maximum Gasteiger partial charge on any atom is 0.0916 e. The van der Waals surface area contributed by atoms with Crippen LogP contribution in [0.5, 0.6) is 0 Å². The number of piperidine rings is 1. The summed E-state index contributed by atoms with van der Waals surface area (Å²) in [6, 6.07) is 7.80. The number of hydrogen-bond acceptors (Lipinski definition) is 3. The van der Waals surface area contributed by atoms with Crippen molar-refractivity contribution in [3.05, 3.63) is 34.9 Å². The van der Waals surface area contributed by atoms with Crippen LogP contribution in [0.3, 0.4) is 0 Å². The number of fused-ring (bicyclic) bond motifs is 1. The molecule has 0 amide bonds. The van der Waals surface area contributed by atoms with E-state index in [9.17, 15) is 5.11 Å². The third-order valence-corrected chi connectivity index (χ3v) is 8.32. The summed E-state index contributed by atoms with van der Waals surface area (Å²) in [5.41, 5.74) is 3.71. The normalized spacial score (nSPS) is 37.6. The minimum absolute atomic E-state index is 0.0344. The highest BCUT2D eigenvalue weighted by atomic mass is 16.3. The fourth-order valence-electron chi connectivity index (χ4n) is 6.65. The number of benzene rings is 1. The maximum atomic E-state index is 12.5. The molecule has 1 heterocycles. The van der Waals surface area contributed by atoms with Crippen molar-refractivity contribution in [3.63, 3.8) is 0 Å². The van der Waals surface area contributed by atoms with Crippen LogP contribution in [0.1, 0.15) is 69.1 Å². The second-order valence-corrected chi connectivity index (χ2v) is 10.8. The van der Waals surface area contributed by atoms with Gasteiger partial charge in [-0.15, -0.1) is 0 Å². The fourth-order valence-corrected chi connectivity index (χ4v) is 6.65. The van der Waals surface area contributed by atoms with Crippen molar-refractivity contribution in [2.75, 3.05) is 19.6 Å². The molecule has 3 heteroatoms. The third-order valence-electron chi connectivity index (χ3n) is 8.32. The fraction of sp³-hybridized carbons (Fsp3) is 0.760. The number of nitrogens with zero attached hydrogens (tertiary/aromatic N) is 1. The van der Waals surface area contributed by atoms with E-state index in [-0.39, 0.29) is 5.41 Å². The Kier molecular flexibility index (Phi) is 4.65. The van der Waals surface area contributed by atoms with Gasteiger partial charge in [0.25, 0.3) is 0 Å². The first kappa shape index (κ1) is 19.1. The van der Waals surface area contributed by atoms with Crippen LogP contribution >= 0.6 is 0 Å². The quantitative estimate of drug-likeness (QED) is 0.813. The predicted octanol–water partition coefficient (Wildman–Crippen LogP) is 3.80. The Bertz CT molecular complexity index is 742. The number of nitrogens with one attached hydrogen (secondary N) is 1. The summed E-state index contributed by atoms with van der Waals surface area (Å²) in [6.45, 7) is 10.2. The molecule has 0 unspecified atom stereocenters. The minimum atomic E-state index is -0.589. The molecule has 4 aliphatic rings. The van der Waals surface area contributed by atoms with Crippen LogP contribution in [0, 0.1) is 18.8 Å². The molecule has 1 saturated heterocycles. The highest BCUT2D eigenvalue weighted by molar-refractivity contribution is 5.47. The maximum absolute atomic E-state index is 12.5. The van der Waals surface area contributed by atoms with Gasteiger partial charge in [-0.2, -0.15) is 0 Å². The molecule has 154 valence electrons. The molecule has 3 nitrogen and oxygen atoms in total. The van der Waals surface area contributed by atoms with Gasteiger partial charge in [0.15, 0.2) is 0 Å². The van der Waals surface area contributed by atoms with Crippen molar-refractivity contribution >= 4 is 0 Å². The highest BCUT2D eigenvalue weighted by Crippen LogP contribution is 2.58. The zero-order chi connectivity index (χ0) is 19.5. The number of rotatable bonds is 5. The second kappa shape index (κ2) is 6.82. The van der Waals surface area contributed by atoms with Gasteiger partial charge < -0.3 is 10.4 Å². The lowest BCUT2D eigenvalue weighted by Gasteiger charge is -2.65. The molecule has 28 heavy (non-hydrogen) atoms. The molecule has 2 saturated carbocycles. The molecular formula is C25H38N2O. The number of likely N-dealkylation sites (tertiary alicyclic amines) is 1. The summed E-state index contributed by atoms with van der Waals surface area (Å²) in [5.74, 6) is 1.54. The van der Waals surface area contributed by atoms with Crippen LogP contribution in [0.2, 0.25) is 0 Å². The van der Waals surface area contributed by atoms with Gasteiger partial charge in [0.1, 0.15) is 0 Å². The van der Waals surface area contributed by atoms with Gasteiger partial charge in [-0.25, -0.2) is 0 Å². The highest BCUT2D eigenvalue weighted by Gasteiger charge is 2.64. The summed E-state index contributed by atoms with van der Waals surface area (Å²) in [4.78, 5) is 2.68. The van der Waals surface area contributed by atoms with Gasteiger partial charge in [-0.3, -0.25) is 4.90 Å². The Balaban J connectivity index is 1.52. The first-order chi connectivity index (χ1) is 13.4. The summed E-state index contributed by atoms with van der Waals surface area (Å²) >= 11 is 0. The van der Waals surface area contributed by atoms with E-state index in [1.54, 1.807) is 0 Å². The zero-order valence-electron chi connectivity index (χ0n) is 18.0. The summed E-state index contributed by atoms with van der Waals surface area (Å²) < 4.78 is 0. The molecule has 0 aromatic heterocycles. The third kappa shape index (κ3) is 2.97. The molecule has 0 radical (unpaired) electrons. The van der Waals surface area contributed by atoms with E-state index >= 15 is 0 Å². The van der Waals surface area contributed by atoms with E-state index in [1.807, 2.05) is 0 Å². The van der Waals surface area contributed by atoms with Crippen molar-refractivity contribution in [2.45, 2.75) is 88.8 Å². The Hall–Kier alpha value is -0.900. The molecule has 2 bridgehead atoms. The largest absolute Gasteiger partial charge is 0.387 e. The topological polar surface area (TPSA) is 35.5 Å². The van der Waals surface area contributed by atoms with E-state index in [4.69, 9.17) is 0 Å². The molecule has 3 aliphatic carbocycles. The van der Waals surface area contributed by atoms with Gasteiger partial charge in [0.2, 0.25) is 0 Å². The van der Waals surface area contributed by atoms with Crippen molar-refractivity contribution in [2.24, 2.45) is 11.8 Å². The van der Waals surface area contributed by atoms with Crippen molar-refractivity contribution in [1.29, 1.82) is 0 Å². The molecule has 5 rings (SSSR count). The van der Waals surface area contributed by atoms with Gasteiger partial charge in [-0.1, -0.05) is 37.6 Å². The number of hydrogen-bond donors (Lipinski definition) is 2. The van der Waals surface area contributed by atoms with Gasteiger partial charge in [-0.05, 0) is 87.9 Å². The van der Waals surface area contributed by atoms with Crippen molar-refractivity contribution < 1.29 is 5.11 Å². The average Bonchev–Trinajstić information content (AvgIpc) is 3.46. The molecule has 1 aromatic rings. The molecule has 0 spiro atoms. The Labute approximate surface area is 170 Å². The molecule has 1 aromatic carbocycles. The molecule has 4 atom stereocenters. The SMILES string of the molecule is Cc1ccc2c(c1)[C@@]13CC[C@H](NCC(C)C)C[C@@]1(O)[C@@H](C2)N(CC1CC1)CC3. The summed E-state index contributed by atoms with van der Waals surface area (Å²) in [7, 11) is 0. The van der Waals surface area contributed by atoms with Gasteiger partial charge >= 0.3 is 0 Å². The average molecular weight is 383 g/mol. The molecule has 1 aliphatic heterocycles. The van der Waals surface area contributed by atoms with Gasteiger partial charge in [0, 0.05) is 24.0 Å². The van der Waals surface area contributed by atoms with E-state index in [2.05, 4.69) is 49.2 Å². The van der Waals surface area contributed by atoms with Crippen LogP contribution in [0.4, 0.5) is 0 Å². The Morgan fingerprint density at radius 2 is 2.04 bits per heavy atom.